The van der Waals surface area contributed by atoms with Gasteiger partial charge in [0, 0.05) is 31.7 Å². The third-order valence-electron chi connectivity index (χ3n) is 3.54. The van der Waals surface area contributed by atoms with Crippen LogP contribution in [-0.2, 0) is 0 Å². The Balaban J connectivity index is 2.37. The Hall–Kier alpha value is -1.61. The zero-order chi connectivity index (χ0) is 17.0. The van der Waals surface area contributed by atoms with E-state index in [0.717, 1.165) is 12.1 Å². The van der Waals surface area contributed by atoms with Gasteiger partial charge in [0.05, 0.1) is 7.11 Å². The Morgan fingerprint density at radius 1 is 1.17 bits per heavy atom. The van der Waals surface area contributed by atoms with E-state index in [1.807, 2.05) is 0 Å². The van der Waals surface area contributed by atoms with Crippen LogP contribution in [0.4, 0.5) is 22.0 Å². The van der Waals surface area contributed by atoms with Crippen molar-refractivity contribution in [3.63, 3.8) is 0 Å². The Morgan fingerprint density at radius 3 is 2.35 bits per heavy atom. The molecular weight excluding hydrogens is 323 g/mol. The summed E-state index contributed by atoms with van der Waals surface area (Å²) >= 11 is 0. The molecule has 1 N–H and O–H groups in total. The number of piperazine rings is 1. The smallest absolute Gasteiger partial charge is 0.496 e. The lowest BCUT2D eigenvalue weighted by Crippen LogP contribution is -2.47. The molecule has 1 aromatic carbocycles. The van der Waals surface area contributed by atoms with Crippen LogP contribution in [0.25, 0.3) is 0 Å². The first-order chi connectivity index (χ1) is 10.8. The average molecular weight is 340 g/mol. The van der Waals surface area contributed by atoms with Crippen LogP contribution >= 0.6 is 0 Å². The number of halogens is 5. The summed E-state index contributed by atoms with van der Waals surface area (Å²) < 4.78 is 73.1. The van der Waals surface area contributed by atoms with Crippen molar-refractivity contribution in [3.8, 4) is 11.5 Å². The Labute approximate surface area is 130 Å². The first-order valence-corrected chi connectivity index (χ1v) is 6.98. The summed E-state index contributed by atoms with van der Waals surface area (Å²) in [7, 11) is 1.28. The van der Waals surface area contributed by atoms with Gasteiger partial charge in [0.15, 0.2) is 0 Å². The van der Waals surface area contributed by atoms with Gasteiger partial charge in [-0.05, 0) is 18.2 Å². The zero-order valence-corrected chi connectivity index (χ0v) is 12.4. The lowest BCUT2D eigenvalue weighted by Gasteiger charge is -2.35. The van der Waals surface area contributed by atoms with Gasteiger partial charge in [-0.25, -0.2) is 8.78 Å². The molecule has 1 fully saturated rings. The van der Waals surface area contributed by atoms with Gasteiger partial charge in [0.25, 0.3) is 6.43 Å². The van der Waals surface area contributed by atoms with Crippen molar-refractivity contribution >= 4 is 0 Å². The molecule has 1 aliphatic rings. The van der Waals surface area contributed by atoms with E-state index in [-0.39, 0.29) is 11.3 Å². The van der Waals surface area contributed by atoms with E-state index in [9.17, 15) is 22.0 Å². The summed E-state index contributed by atoms with van der Waals surface area (Å²) in [5.41, 5.74) is -0.0221. The summed E-state index contributed by atoms with van der Waals surface area (Å²) in [6, 6.07) is 1.85. The third kappa shape index (κ3) is 4.68. The van der Waals surface area contributed by atoms with E-state index in [1.54, 1.807) is 0 Å². The lowest BCUT2D eigenvalue weighted by molar-refractivity contribution is -0.274. The summed E-state index contributed by atoms with van der Waals surface area (Å²) in [5, 5.41) is 3.04. The molecule has 0 bridgehead atoms. The first-order valence-electron chi connectivity index (χ1n) is 6.98. The molecule has 130 valence electrons. The summed E-state index contributed by atoms with van der Waals surface area (Å²) in [4.78, 5) is 1.52. The van der Waals surface area contributed by atoms with Crippen molar-refractivity contribution < 1.29 is 31.4 Å². The second-order valence-electron chi connectivity index (χ2n) is 5.02. The monoisotopic (exact) mass is 340 g/mol. The largest absolute Gasteiger partial charge is 0.573 e. The number of rotatable bonds is 5. The molecule has 1 atom stereocenters. The number of hydrogen-bond acceptors (Lipinski definition) is 4. The number of benzene rings is 1. The number of alkyl halides is 5. The van der Waals surface area contributed by atoms with Crippen molar-refractivity contribution in [1.29, 1.82) is 0 Å². The number of hydrogen-bond donors (Lipinski definition) is 1. The molecule has 0 aromatic heterocycles. The SMILES string of the molecule is COc1ccc(OC(F)(F)F)cc1[C@H](C(F)F)N1CCNCC1. The predicted octanol–water partition coefficient (Wildman–Crippen LogP) is 2.81. The van der Waals surface area contributed by atoms with E-state index in [0.29, 0.717) is 26.2 Å². The molecule has 1 saturated heterocycles. The Morgan fingerprint density at radius 2 is 1.83 bits per heavy atom. The normalized spacial score (nSPS) is 18.0. The highest BCUT2D eigenvalue weighted by atomic mass is 19.4. The van der Waals surface area contributed by atoms with Crippen LogP contribution < -0.4 is 14.8 Å². The van der Waals surface area contributed by atoms with Gasteiger partial charge in [0.2, 0.25) is 0 Å². The second kappa shape index (κ2) is 7.31. The zero-order valence-electron chi connectivity index (χ0n) is 12.4. The van der Waals surface area contributed by atoms with Crippen LogP contribution in [0.3, 0.4) is 0 Å². The minimum absolute atomic E-state index is 0.0221. The van der Waals surface area contributed by atoms with Gasteiger partial charge < -0.3 is 14.8 Å². The van der Waals surface area contributed by atoms with Crippen molar-refractivity contribution in [2.75, 3.05) is 33.3 Å². The van der Waals surface area contributed by atoms with Gasteiger partial charge in [-0.1, -0.05) is 0 Å². The topological polar surface area (TPSA) is 33.7 Å². The first kappa shape index (κ1) is 17.7. The molecule has 1 aliphatic heterocycles. The molecule has 0 aliphatic carbocycles. The van der Waals surface area contributed by atoms with E-state index < -0.39 is 24.6 Å². The van der Waals surface area contributed by atoms with Gasteiger partial charge in [-0.3, -0.25) is 4.90 Å². The van der Waals surface area contributed by atoms with Crippen LogP contribution in [0, 0.1) is 0 Å². The average Bonchev–Trinajstić information content (AvgIpc) is 2.47. The maximum atomic E-state index is 13.6. The predicted molar refractivity (Wildman–Crippen MR) is 72.9 cm³/mol. The fraction of sp³-hybridized carbons (Fsp3) is 0.571. The van der Waals surface area contributed by atoms with Crippen LogP contribution in [0.2, 0.25) is 0 Å². The van der Waals surface area contributed by atoms with E-state index in [2.05, 4.69) is 10.1 Å². The molecular formula is C14H17F5N2O2. The minimum atomic E-state index is -4.89. The molecule has 0 amide bonds. The molecule has 2 rings (SSSR count). The highest BCUT2D eigenvalue weighted by Gasteiger charge is 2.35. The van der Waals surface area contributed by atoms with Gasteiger partial charge in [-0.15, -0.1) is 13.2 Å². The van der Waals surface area contributed by atoms with Crippen molar-refractivity contribution in [2.24, 2.45) is 0 Å². The van der Waals surface area contributed by atoms with Gasteiger partial charge >= 0.3 is 6.36 Å². The summed E-state index contributed by atoms with van der Waals surface area (Å²) in [6.45, 7) is 1.79. The lowest BCUT2D eigenvalue weighted by atomic mass is 10.0. The Kier molecular flexibility index (Phi) is 5.64. The fourth-order valence-corrected chi connectivity index (χ4v) is 2.59. The molecule has 0 unspecified atom stereocenters. The molecule has 9 heteroatoms. The molecule has 0 saturated carbocycles. The second-order valence-corrected chi connectivity index (χ2v) is 5.02. The van der Waals surface area contributed by atoms with Crippen molar-refractivity contribution in [3.05, 3.63) is 23.8 Å². The molecule has 1 aromatic rings. The molecule has 4 nitrogen and oxygen atoms in total. The van der Waals surface area contributed by atoms with Crippen LogP contribution in [0.15, 0.2) is 18.2 Å². The van der Waals surface area contributed by atoms with Gasteiger partial charge in [0.1, 0.15) is 17.5 Å². The Bertz CT molecular complexity index is 518. The summed E-state index contributed by atoms with van der Waals surface area (Å²) in [6.07, 6.45) is -7.66. The van der Waals surface area contributed by atoms with Crippen molar-refractivity contribution in [2.45, 2.75) is 18.8 Å². The van der Waals surface area contributed by atoms with E-state index in [1.165, 1.54) is 18.1 Å². The number of ether oxygens (including phenoxy) is 2. The van der Waals surface area contributed by atoms with Gasteiger partial charge in [-0.2, -0.15) is 0 Å². The minimum Gasteiger partial charge on any atom is -0.496 e. The number of methoxy groups -OCH3 is 1. The van der Waals surface area contributed by atoms with Crippen LogP contribution in [0.1, 0.15) is 11.6 Å². The highest BCUT2D eigenvalue weighted by Crippen LogP contribution is 2.37. The number of nitrogens with one attached hydrogen (secondary N) is 1. The fourth-order valence-electron chi connectivity index (χ4n) is 2.59. The standard InChI is InChI=1S/C14H17F5N2O2/c1-22-11-3-2-9(23-14(17,18)19)8-10(11)12(13(15)16)21-6-4-20-5-7-21/h2-3,8,12-13,20H,4-7H2,1H3/t12-/m1/s1. The van der Waals surface area contributed by atoms with Crippen LogP contribution in [0.5, 0.6) is 11.5 Å². The maximum Gasteiger partial charge on any atom is 0.573 e. The van der Waals surface area contributed by atoms with E-state index in [4.69, 9.17) is 4.74 Å². The van der Waals surface area contributed by atoms with Crippen LogP contribution in [-0.4, -0.2) is 51.0 Å². The quantitative estimate of drug-likeness (QED) is 0.836. The third-order valence-corrected chi connectivity index (χ3v) is 3.54. The summed E-state index contributed by atoms with van der Waals surface area (Å²) in [5.74, 6) is -0.447. The highest BCUT2D eigenvalue weighted by molar-refractivity contribution is 5.42. The van der Waals surface area contributed by atoms with E-state index >= 15 is 0 Å². The maximum absolute atomic E-state index is 13.6. The molecule has 1 heterocycles. The van der Waals surface area contributed by atoms with Crippen molar-refractivity contribution in [1.82, 2.24) is 10.2 Å². The molecule has 0 spiro atoms. The number of nitrogens with zero attached hydrogens (tertiary/aromatic N) is 1. The molecule has 23 heavy (non-hydrogen) atoms. The molecule has 0 radical (unpaired) electrons.